The van der Waals surface area contributed by atoms with Gasteiger partial charge in [-0.05, 0) is 31.3 Å². The molecule has 3 amide bonds. The number of carbonyl (C=O) groups is 4. The average molecular weight is 437 g/mol. The number of thiol groups is 1. The minimum Gasteiger partial charge on any atom is -0.480 e. The van der Waals surface area contributed by atoms with Crippen LogP contribution in [-0.2, 0) is 19.2 Å². The maximum Gasteiger partial charge on any atom is 0.327 e. The summed E-state index contributed by atoms with van der Waals surface area (Å²) in [7, 11) is 0. The fourth-order valence-corrected chi connectivity index (χ4v) is 3.53. The largest absolute Gasteiger partial charge is 0.480 e. The summed E-state index contributed by atoms with van der Waals surface area (Å²) >= 11 is 5.41. The van der Waals surface area contributed by atoms with E-state index in [1.165, 1.54) is 16.7 Å². The van der Waals surface area contributed by atoms with Crippen molar-refractivity contribution in [3.8, 4) is 0 Å². The van der Waals surface area contributed by atoms with Gasteiger partial charge >= 0.3 is 5.97 Å². The van der Waals surface area contributed by atoms with Crippen molar-refractivity contribution in [1.29, 1.82) is 0 Å². The first kappa shape index (κ1) is 24.5. The molecule has 10 nitrogen and oxygen atoms in total. The number of nitrogens with zero attached hydrogens (tertiary/aromatic N) is 1. The molecule has 0 saturated carbocycles. The summed E-state index contributed by atoms with van der Waals surface area (Å²) in [6.45, 7) is -0.225. The van der Waals surface area contributed by atoms with Crippen LogP contribution in [0.2, 0.25) is 0 Å². The van der Waals surface area contributed by atoms with Crippen molar-refractivity contribution in [2.75, 3.05) is 30.9 Å². The number of carboxylic acids is 1. The van der Waals surface area contributed by atoms with Crippen molar-refractivity contribution in [3.05, 3.63) is 0 Å². The Labute approximate surface area is 173 Å². The average Bonchev–Trinajstić information content (AvgIpc) is 3.17. The zero-order valence-electron chi connectivity index (χ0n) is 15.7. The molecule has 1 fully saturated rings. The van der Waals surface area contributed by atoms with Crippen molar-refractivity contribution < 1.29 is 29.4 Å². The van der Waals surface area contributed by atoms with Gasteiger partial charge in [0.1, 0.15) is 24.2 Å². The summed E-state index contributed by atoms with van der Waals surface area (Å²) in [5, 5.41) is 23.0. The van der Waals surface area contributed by atoms with E-state index in [0.29, 0.717) is 31.6 Å². The van der Waals surface area contributed by atoms with E-state index in [0.717, 1.165) is 0 Å². The molecule has 0 aromatic rings. The number of aliphatic carboxylic acids is 1. The molecular formula is C16H28N4O6S2. The highest BCUT2D eigenvalue weighted by atomic mass is 32.2. The second-order valence-corrected chi connectivity index (χ2v) is 7.75. The Bertz CT molecular complexity index is 579. The summed E-state index contributed by atoms with van der Waals surface area (Å²) in [6, 6.07) is -3.99. The van der Waals surface area contributed by atoms with Gasteiger partial charge in [0.05, 0.1) is 6.61 Å². The smallest absolute Gasteiger partial charge is 0.327 e. The number of amides is 3. The van der Waals surface area contributed by atoms with Gasteiger partial charge in [-0.3, -0.25) is 14.4 Å². The van der Waals surface area contributed by atoms with Gasteiger partial charge in [-0.25, -0.2) is 4.79 Å². The Morgan fingerprint density at radius 2 is 1.96 bits per heavy atom. The highest BCUT2D eigenvalue weighted by Gasteiger charge is 2.38. The van der Waals surface area contributed by atoms with Crippen LogP contribution in [0.15, 0.2) is 0 Å². The fourth-order valence-electron chi connectivity index (χ4n) is 2.81. The predicted octanol–water partition coefficient (Wildman–Crippen LogP) is -1.97. The number of hydrogen-bond acceptors (Lipinski definition) is 8. The van der Waals surface area contributed by atoms with Crippen molar-refractivity contribution >= 4 is 48.1 Å². The van der Waals surface area contributed by atoms with Gasteiger partial charge in [0.25, 0.3) is 0 Å². The number of carbonyl (C=O) groups excluding carboxylic acids is 3. The predicted molar refractivity (Wildman–Crippen MR) is 108 cm³/mol. The quantitative estimate of drug-likeness (QED) is 0.203. The lowest BCUT2D eigenvalue weighted by Crippen LogP contribution is -2.57. The van der Waals surface area contributed by atoms with E-state index in [1.54, 1.807) is 0 Å². The van der Waals surface area contributed by atoms with Crippen LogP contribution in [0.1, 0.15) is 19.3 Å². The maximum atomic E-state index is 13.0. The molecule has 1 aliphatic rings. The SMILES string of the molecule is CSCCC(NC(=O)C(N)CO)C(=O)N1CCCC1C(=O)NC(CS)C(=O)O. The van der Waals surface area contributed by atoms with Crippen LogP contribution < -0.4 is 16.4 Å². The molecule has 0 spiro atoms. The minimum absolute atomic E-state index is 0.0762. The summed E-state index contributed by atoms with van der Waals surface area (Å²) in [5.41, 5.74) is 5.50. The normalized spacial score (nSPS) is 19.6. The Kier molecular flexibility index (Phi) is 10.6. The number of aliphatic hydroxyl groups is 1. The third kappa shape index (κ3) is 6.83. The zero-order valence-corrected chi connectivity index (χ0v) is 17.4. The number of thioether (sulfide) groups is 1. The number of nitrogens with two attached hydrogens (primary N) is 1. The molecule has 1 saturated heterocycles. The minimum atomic E-state index is -1.21. The first-order chi connectivity index (χ1) is 13.3. The van der Waals surface area contributed by atoms with Crippen LogP contribution in [-0.4, -0.2) is 93.9 Å². The van der Waals surface area contributed by atoms with E-state index in [1.807, 2.05) is 6.26 Å². The highest BCUT2D eigenvalue weighted by molar-refractivity contribution is 7.98. The van der Waals surface area contributed by atoms with Crippen LogP contribution in [0.4, 0.5) is 0 Å². The topological polar surface area (TPSA) is 162 Å². The third-order valence-corrected chi connectivity index (χ3v) is 5.40. The van der Waals surface area contributed by atoms with Crippen molar-refractivity contribution in [2.24, 2.45) is 5.73 Å². The maximum absolute atomic E-state index is 13.0. The van der Waals surface area contributed by atoms with E-state index >= 15 is 0 Å². The lowest BCUT2D eigenvalue weighted by atomic mass is 10.1. The molecule has 0 aromatic heterocycles. The molecule has 1 rings (SSSR count). The van der Waals surface area contributed by atoms with Gasteiger partial charge in [0.2, 0.25) is 17.7 Å². The second kappa shape index (κ2) is 12.1. The Morgan fingerprint density at radius 3 is 2.50 bits per heavy atom. The number of carboxylic acid groups (broad SMARTS) is 1. The van der Waals surface area contributed by atoms with Gasteiger partial charge in [-0.15, -0.1) is 0 Å². The van der Waals surface area contributed by atoms with E-state index in [4.69, 9.17) is 15.9 Å². The second-order valence-electron chi connectivity index (χ2n) is 6.40. The van der Waals surface area contributed by atoms with Crippen molar-refractivity contribution in [3.63, 3.8) is 0 Å². The fraction of sp³-hybridized carbons (Fsp3) is 0.750. The third-order valence-electron chi connectivity index (χ3n) is 4.39. The number of aliphatic hydroxyl groups excluding tert-OH is 1. The number of nitrogens with one attached hydrogen (secondary N) is 2. The van der Waals surface area contributed by atoms with Gasteiger partial charge in [0, 0.05) is 12.3 Å². The molecule has 1 heterocycles. The molecule has 12 heteroatoms. The summed E-state index contributed by atoms with van der Waals surface area (Å²) in [6.07, 6.45) is 3.18. The van der Waals surface area contributed by atoms with Crippen LogP contribution in [0.25, 0.3) is 0 Å². The lowest BCUT2D eigenvalue weighted by molar-refractivity contribution is -0.144. The summed E-state index contributed by atoms with van der Waals surface area (Å²) in [4.78, 5) is 50.0. The Balaban J connectivity index is 2.88. The Morgan fingerprint density at radius 1 is 1.29 bits per heavy atom. The first-order valence-corrected chi connectivity index (χ1v) is 10.9. The number of hydrogen-bond donors (Lipinski definition) is 6. The summed E-state index contributed by atoms with van der Waals surface area (Å²) < 4.78 is 0. The van der Waals surface area contributed by atoms with Crippen LogP contribution in [0.3, 0.4) is 0 Å². The van der Waals surface area contributed by atoms with Crippen LogP contribution >= 0.6 is 24.4 Å². The van der Waals surface area contributed by atoms with Crippen molar-refractivity contribution in [2.45, 2.75) is 43.4 Å². The van der Waals surface area contributed by atoms with Crippen molar-refractivity contribution in [1.82, 2.24) is 15.5 Å². The van der Waals surface area contributed by atoms with E-state index in [-0.39, 0.29) is 5.75 Å². The molecule has 6 N–H and O–H groups in total. The standard InChI is InChI=1S/C16H28N4O6S2/c1-28-6-4-10(18-13(22)9(17)7-21)15(24)20-5-2-3-12(20)14(23)19-11(8-27)16(25)26/h9-12,21,27H,2-8,17H2,1H3,(H,18,22)(H,19,23)(H,25,26). The molecule has 160 valence electrons. The molecule has 0 bridgehead atoms. The van der Waals surface area contributed by atoms with Gasteiger partial charge in [-0.2, -0.15) is 24.4 Å². The zero-order chi connectivity index (χ0) is 21.3. The molecular weight excluding hydrogens is 408 g/mol. The Hall–Kier alpha value is -1.50. The molecule has 4 unspecified atom stereocenters. The molecule has 0 aliphatic carbocycles. The highest BCUT2D eigenvalue weighted by Crippen LogP contribution is 2.20. The van der Waals surface area contributed by atoms with Crippen LogP contribution in [0, 0.1) is 0 Å². The molecule has 0 aromatic carbocycles. The van der Waals surface area contributed by atoms with E-state index < -0.39 is 54.5 Å². The monoisotopic (exact) mass is 436 g/mol. The molecule has 28 heavy (non-hydrogen) atoms. The molecule has 0 radical (unpaired) electrons. The number of likely N-dealkylation sites (tertiary alicyclic amines) is 1. The van der Waals surface area contributed by atoms with Gasteiger partial charge < -0.3 is 31.5 Å². The number of rotatable bonds is 11. The van der Waals surface area contributed by atoms with Crippen LogP contribution in [0.5, 0.6) is 0 Å². The van der Waals surface area contributed by atoms with Gasteiger partial charge in [0.15, 0.2) is 0 Å². The van der Waals surface area contributed by atoms with E-state index in [9.17, 15) is 19.2 Å². The molecule has 4 atom stereocenters. The van der Waals surface area contributed by atoms with Gasteiger partial charge in [-0.1, -0.05) is 0 Å². The lowest BCUT2D eigenvalue weighted by Gasteiger charge is -2.29. The summed E-state index contributed by atoms with van der Waals surface area (Å²) in [5.74, 6) is -2.33. The molecule has 1 aliphatic heterocycles. The van der Waals surface area contributed by atoms with E-state index in [2.05, 4.69) is 23.3 Å². The first-order valence-electron chi connectivity index (χ1n) is 8.87.